The maximum Gasteiger partial charge on any atom is 0.0951 e. The van der Waals surface area contributed by atoms with Crippen LogP contribution in [0.4, 0.5) is 0 Å². The van der Waals surface area contributed by atoms with Crippen LogP contribution in [0.1, 0.15) is 45.9 Å². The Morgan fingerprint density at radius 1 is 1.56 bits per heavy atom. The number of hydrogen-bond acceptors (Lipinski definition) is 2. The number of aromatic nitrogens is 2. The third kappa shape index (κ3) is 2.46. The van der Waals surface area contributed by atoms with Gasteiger partial charge in [-0.25, -0.2) is 4.98 Å². The second kappa shape index (κ2) is 4.21. The fraction of sp³-hybridized carbons (Fsp3) is 0.769. The molecule has 16 heavy (non-hydrogen) atoms. The standard InChI is InChI=1S/C13H23N3/c1-10(2)6-14-7-11-8-15-9-16(11)12-5-13(12,3)4/h8-10,12,14H,5-7H2,1-4H3. The third-order valence-electron chi connectivity index (χ3n) is 3.40. The van der Waals surface area contributed by atoms with Crippen LogP contribution in [0.15, 0.2) is 12.5 Å². The quantitative estimate of drug-likeness (QED) is 0.828. The van der Waals surface area contributed by atoms with E-state index < -0.39 is 0 Å². The van der Waals surface area contributed by atoms with Gasteiger partial charge in [-0.2, -0.15) is 0 Å². The van der Waals surface area contributed by atoms with E-state index in [0.29, 0.717) is 17.4 Å². The minimum absolute atomic E-state index is 0.466. The van der Waals surface area contributed by atoms with Crippen molar-refractivity contribution >= 4 is 0 Å². The van der Waals surface area contributed by atoms with E-state index in [9.17, 15) is 0 Å². The predicted octanol–water partition coefficient (Wildman–Crippen LogP) is 2.60. The Labute approximate surface area is 98.3 Å². The molecule has 90 valence electrons. The van der Waals surface area contributed by atoms with Gasteiger partial charge in [0.05, 0.1) is 12.0 Å². The molecule has 0 aliphatic heterocycles. The lowest BCUT2D eigenvalue weighted by Gasteiger charge is -2.11. The molecule has 2 rings (SSSR count). The smallest absolute Gasteiger partial charge is 0.0951 e. The molecule has 0 saturated heterocycles. The van der Waals surface area contributed by atoms with Crippen LogP contribution in [0, 0.1) is 11.3 Å². The molecule has 1 N–H and O–H groups in total. The Morgan fingerprint density at radius 3 is 2.81 bits per heavy atom. The summed E-state index contributed by atoms with van der Waals surface area (Å²) in [5.74, 6) is 0.703. The zero-order valence-corrected chi connectivity index (χ0v) is 10.8. The molecule has 0 radical (unpaired) electrons. The number of rotatable bonds is 5. The molecule has 0 amide bonds. The average molecular weight is 221 g/mol. The van der Waals surface area contributed by atoms with E-state index >= 15 is 0 Å². The number of imidazole rings is 1. The highest BCUT2D eigenvalue weighted by Crippen LogP contribution is 2.55. The van der Waals surface area contributed by atoms with Crippen molar-refractivity contribution in [3.63, 3.8) is 0 Å². The molecule has 1 aliphatic carbocycles. The topological polar surface area (TPSA) is 29.9 Å². The van der Waals surface area contributed by atoms with Gasteiger partial charge in [-0.3, -0.25) is 0 Å². The van der Waals surface area contributed by atoms with E-state index in [1.807, 2.05) is 12.5 Å². The minimum Gasteiger partial charge on any atom is -0.330 e. The van der Waals surface area contributed by atoms with Crippen molar-refractivity contribution in [2.75, 3.05) is 6.54 Å². The van der Waals surface area contributed by atoms with Crippen molar-refractivity contribution in [3.05, 3.63) is 18.2 Å². The molecule has 1 aliphatic rings. The maximum atomic E-state index is 4.27. The molecule has 0 spiro atoms. The lowest BCUT2D eigenvalue weighted by atomic mass is 10.2. The molecule has 0 bridgehead atoms. The first kappa shape index (κ1) is 11.6. The van der Waals surface area contributed by atoms with Gasteiger partial charge in [0.15, 0.2) is 0 Å². The van der Waals surface area contributed by atoms with Gasteiger partial charge < -0.3 is 9.88 Å². The molecule has 1 aromatic heterocycles. The van der Waals surface area contributed by atoms with Gasteiger partial charge in [0.25, 0.3) is 0 Å². The second-order valence-corrected chi connectivity index (χ2v) is 6.03. The SMILES string of the molecule is CC(C)CNCc1cncn1C1CC1(C)C. The van der Waals surface area contributed by atoms with Crippen LogP contribution < -0.4 is 5.32 Å². The van der Waals surface area contributed by atoms with Crippen molar-refractivity contribution in [2.45, 2.75) is 46.7 Å². The maximum absolute atomic E-state index is 4.27. The highest BCUT2D eigenvalue weighted by Gasteiger charge is 2.47. The fourth-order valence-corrected chi connectivity index (χ4v) is 2.15. The molecule has 3 nitrogen and oxygen atoms in total. The Kier molecular flexibility index (Phi) is 3.06. The molecule has 1 unspecified atom stereocenters. The van der Waals surface area contributed by atoms with Gasteiger partial charge in [0.2, 0.25) is 0 Å². The summed E-state index contributed by atoms with van der Waals surface area (Å²) in [5.41, 5.74) is 1.78. The van der Waals surface area contributed by atoms with Crippen LogP contribution in [0.5, 0.6) is 0 Å². The van der Waals surface area contributed by atoms with Crippen LogP contribution in [-0.2, 0) is 6.54 Å². The van der Waals surface area contributed by atoms with E-state index in [1.165, 1.54) is 12.1 Å². The summed E-state index contributed by atoms with van der Waals surface area (Å²) in [4.78, 5) is 4.27. The van der Waals surface area contributed by atoms with Gasteiger partial charge in [-0.15, -0.1) is 0 Å². The fourth-order valence-electron chi connectivity index (χ4n) is 2.15. The normalized spacial score (nSPS) is 22.7. The Morgan fingerprint density at radius 2 is 2.25 bits per heavy atom. The average Bonchev–Trinajstić information content (AvgIpc) is 2.60. The summed E-state index contributed by atoms with van der Waals surface area (Å²) >= 11 is 0. The van der Waals surface area contributed by atoms with Gasteiger partial charge in [0, 0.05) is 18.8 Å². The third-order valence-corrected chi connectivity index (χ3v) is 3.40. The first-order chi connectivity index (χ1) is 7.50. The van der Waals surface area contributed by atoms with Crippen LogP contribution in [-0.4, -0.2) is 16.1 Å². The van der Waals surface area contributed by atoms with Crippen molar-refractivity contribution in [2.24, 2.45) is 11.3 Å². The summed E-state index contributed by atoms with van der Waals surface area (Å²) in [7, 11) is 0. The van der Waals surface area contributed by atoms with E-state index in [0.717, 1.165) is 13.1 Å². The molecule has 0 aromatic carbocycles. The first-order valence-corrected chi connectivity index (χ1v) is 6.22. The second-order valence-electron chi connectivity index (χ2n) is 6.03. The summed E-state index contributed by atoms with van der Waals surface area (Å²) in [6.45, 7) is 11.1. The van der Waals surface area contributed by atoms with E-state index in [2.05, 4.69) is 42.6 Å². The van der Waals surface area contributed by atoms with Crippen LogP contribution in [0.25, 0.3) is 0 Å². The zero-order chi connectivity index (χ0) is 11.8. The Hall–Kier alpha value is -0.830. The molecular weight excluding hydrogens is 198 g/mol. The predicted molar refractivity (Wildman–Crippen MR) is 66.2 cm³/mol. The monoisotopic (exact) mass is 221 g/mol. The van der Waals surface area contributed by atoms with Gasteiger partial charge in [-0.05, 0) is 24.3 Å². The summed E-state index contributed by atoms with van der Waals surface area (Å²) < 4.78 is 2.34. The molecule has 1 aromatic rings. The lowest BCUT2D eigenvalue weighted by molar-refractivity contribution is 0.504. The van der Waals surface area contributed by atoms with Crippen molar-refractivity contribution in [3.8, 4) is 0 Å². The van der Waals surface area contributed by atoms with Crippen molar-refractivity contribution < 1.29 is 0 Å². The molecule has 1 heterocycles. The van der Waals surface area contributed by atoms with Gasteiger partial charge in [-0.1, -0.05) is 27.7 Å². The van der Waals surface area contributed by atoms with E-state index in [-0.39, 0.29) is 0 Å². The van der Waals surface area contributed by atoms with Gasteiger partial charge >= 0.3 is 0 Å². The zero-order valence-electron chi connectivity index (χ0n) is 10.8. The number of hydrogen-bond donors (Lipinski definition) is 1. The molecule has 3 heteroatoms. The van der Waals surface area contributed by atoms with Crippen LogP contribution in [0.3, 0.4) is 0 Å². The summed E-state index contributed by atoms with van der Waals surface area (Å²) in [6, 6.07) is 0.658. The van der Waals surface area contributed by atoms with Crippen molar-refractivity contribution in [1.29, 1.82) is 0 Å². The highest BCUT2D eigenvalue weighted by atomic mass is 15.1. The van der Waals surface area contributed by atoms with Gasteiger partial charge in [0.1, 0.15) is 0 Å². The lowest BCUT2D eigenvalue weighted by Crippen LogP contribution is -2.20. The largest absolute Gasteiger partial charge is 0.330 e. The molecule has 1 saturated carbocycles. The molecular formula is C13H23N3. The Bertz CT molecular complexity index is 352. The molecule has 1 fully saturated rings. The summed E-state index contributed by atoms with van der Waals surface area (Å²) in [6.07, 6.45) is 5.24. The summed E-state index contributed by atoms with van der Waals surface area (Å²) in [5, 5.41) is 3.48. The minimum atomic E-state index is 0.466. The highest BCUT2D eigenvalue weighted by molar-refractivity contribution is 5.09. The Balaban J connectivity index is 1.93. The van der Waals surface area contributed by atoms with Crippen LogP contribution in [0.2, 0.25) is 0 Å². The van der Waals surface area contributed by atoms with E-state index in [4.69, 9.17) is 0 Å². The number of nitrogens with zero attached hydrogens (tertiary/aromatic N) is 2. The van der Waals surface area contributed by atoms with Crippen molar-refractivity contribution in [1.82, 2.24) is 14.9 Å². The number of nitrogens with one attached hydrogen (secondary N) is 1. The van der Waals surface area contributed by atoms with E-state index in [1.54, 1.807) is 0 Å². The first-order valence-electron chi connectivity index (χ1n) is 6.22. The van der Waals surface area contributed by atoms with Crippen LogP contribution >= 0.6 is 0 Å². The molecule has 1 atom stereocenters.